The lowest BCUT2D eigenvalue weighted by Gasteiger charge is -2.27. The maximum absolute atomic E-state index is 13.2. The van der Waals surface area contributed by atoms with Crippen LogP contribution in [0.15, 0.2) is 85.1 Å². The first-order valence-electron chi connectivity index (χ1n) is 12.1. The molecule has 2 atom stereocenters. The maximum Gasteiger partial charge on any atom is 0.407 e. The second-order valence-electron chi connectivity index (χ2n) is 9.81. The van der Waals surface area contributed by atoms with E-state index < -0.39 is 23.8 Å². The number of aromatic amines is 1. The number of H-pyrrole nitrogens is 1. The summed E-state index contributed by atoms with van der Waals surface area (Å²) in [5, 5.41) is 17.3. The molecule has 0 fully saturated rings. The quantitative estimate of drug-likeness (QED) is 0.267. The number of nitriles is 1. The van der Waals surface area contributed by atoms with Gasteiger partial charge in [-0.3, -0.25) is 4.79 Å². The van der Waals surface area contributed by atoms with Crippen molar-refractivity contribution in [2.45, 2.75) is 44.9 Å². The summed E-state index contributed by atoms with van der Waals surface area (Å²) in [6.07, 6.45) is 1.63. The number of aromatic nitrogens is 1. The van der Waals surface area contributed by atoms with Crippen molar-refractivity contribution in [1.29, 1.82) is 5.26 Å². The van der Waals surface area contributed by atoms with E-state index in [0.29, 0.717) is 23.2 Å². The first-order chi connectivity index (χ1) is 17.7. The standard InChI is InChI=1S/C30H30N4O3/c1-30(2,3)37-29(36)34-26(17-21-19-32-24-15-9-7-13-22(21)24)27(18-31)33-25-16-10-8-14-23(25)28(35)20-11-5-4-6-12-20/h4-16,19,26-27,32-33H,17H2,1-3H3,(H,34,36)/t26-,27+/m0/s1. The molecule has 0 saturated carbocycles. The average Bonchev–Trinajstić information content (AvgIpc) is 3.29. The van der Waals surface area contributed by atoms with Crippen LogP contribution in [0.25, 0.3) is 10.9 Å². The minimum absolute atomic E-state index is 0.159. The summed E-state index contributed by atoms with van der Waals surface area (Å²) < 4.78 is 5.49. The minimum Gasteiger partial charge on any atom is -0.444 e. The molecule has 0 aliphatic heterocycles. The topological polar surface area (TPSA) is 107 Å². The molecule has 1 aromatic heterocycles. The second kappa shape index (κ2) is 11.0. The number of anilines is 1. The van der Waals surface area contributed by atoms with E-state index in [9.17, 15) is 14.9 Å². The lowest BCUT2D eigenvalue weighted by atomic mass is 9.97. The summed E-state index contributed by atoms with van der Waals surface area (Å²) in [5.41, 5.74) is 2.73. The number of para-hydroxylation sites is 2. The molecule has 1 amide bonds. The van der Waals surface area contributed by atoms with Crippen molar-refractivity contribution in [3.63, 3.8) is 0 Å². The van der Waals surface area contributed by atoms with Crippen LogP contribution in [0.3, 0.4) is 0 Å². The van der Waals surface area contributed by atoms with Crippen LogP contribution in [0.1, 0.15) is 42.3 Å². The van der Waals surface area contributed by atoms with Crippen LogP contribution in [0.2, 0.25) is 0 Å². The Labute approximate surface area is 216 Å². The van der Waals surface area contributed by atoms with E-state index in [4.69, 9.17) is 4.74 Å². The number of alkyl carbamates (subject to hydrolysis) is 1. The van der Waals surface area contributed by atoms with E-state index in [-0.39, 0.29) is 5.78 Å². The molecule has 3 N–H and O–H groups in total. The molecule has 0 radical (unpaired) electrons. The lowest BCUT2D eigenvalue weighted by Crippen LogP contribution is -2.49. The highest BCUT2D eigenvalue weighted by Crippen LogP contribution is 2.24. The van der Waals surface area contributed by atoms with E-state index in [2.05, 4.69) is 21.7 Å². The highest BCUT2D eigenvalue weighted by atomic mass is 16.6. The van der Waals surface area contributed by atoms with Crippen molar-refractivity contribution in [2.75, 3.05) is 5.32 Å². The molecule has 188 valence electrons. The number of amides is 1. The molecule has 37 heavy (non-hydrogen) atoms. The summed E-state index contributed by atoms with van der Waals surface area (Å²) >= 11 is 0. The van der Waals surface area contributed by atoms with Crippen molar-refractivity contribution >= 4 is 28.5 Å². The van der Waals surface area contributed by atoms with E-state index in [1.54, 1.807) is 57.2 Å². The van der Waals surface area contributed by atoms with Crippen molar-refractivity contribution in [3.05, 3.63) is 102 Å². The Morgan fingerprint density at radius 3 is 2.38 bits per heavy atom. The van der Waals surface area contributed by atoms with E-state index >= 15 is 0 Å². The number of ketones is 1. The molecule has 0 spiro atoms. The van der Waals surface area contributed by atoms with Gasteiger partial charge in [-0.1, -0.05) is 60.7 Å². The number of hydrogen-bond donors (Lipinski definition) is 3. The zero-order chi connectivity index (χ0) is 26.4. The van der Waals surface area contributed by atoms with Gasteiger partial charge < -0.3 is 20.4 Å². The van der Waals surface area contributed by atoms with Gasteiger partial charge in [0.05, 0.1) is 12.1 Å². The maximum atomic E-state index is 13.2. The fourth-order valence-electron chi connectivity index (χ4n) is 4.19. The fraction of sp³-hybridized carbons (Fsp3) is 0.233. The van der Waals surface area contributed by atoms with Crippen LogP contribution in [-0.4, -0.2) is 34.5 Å². The molecule has 7 nitrogen and oxygen atoms in total. The van der Waals surface area contributed by atoms with Gasteiger partial charge in [-0.25, -0.2) is 4.79 Å². The minimum atomic E-state index is -0.856. The fourth-order valence-corrected chi connectivity index (χ4v) is 4.19. The molecular weight excluding hydrogens is 464 g/mol. The van der Waals surface area contributed by atoms with Gasteiger partial charge in [0.2, 0.25) is 0 Å². The highest BCUT2D eigenvalue weighted by Gasteiger charge is 2.28. The summed E-state index contributed by atoms with van der Waals surface area (Å²) in [5.74, 6) is -0.159. The van der Waals surface area contributed by atoms with Gasteiger partial charge in [0.15, 0.2) is 5.78 Å². The number of nitrogens with zero attached hydrogens (tertiary/aromatic N) is 1. The van der Waals surface area contributed by atoms with E-state index in [1.807, 2.05) is 48.7 Å². The third kappa shape index (κ3) is 6.36. The number of carbonyl (C=O) groups is 2. The molecule has 0 bridgehead atoms. The van der Waals surface area contributed by atoms with Crippen LogP contribution in [0, 0.1) is 11.3 Å². The van der Waals surface area contributed by atoms with Crippen LogP contribution in [0.4, 0.5) is 10.5 Å². The monoisotopic (exact) mass is 494 g/mol. The van der Waals surface area contributed by atoms with Crippen molar-refractivity contribution in [2.24, 2.45) is 0 Å². The molecule has 0 aliphatic rings. The second-order valence-corrected chi connectivity index (χ2v) is 9.81. The molecule has 3 aromatic carbocycles. The van der Waals surface area contributed by atoms with Gasteiger partial charge >= 0.3 is 6.09 Å². The SMILES string of the molecule is CC(C)(C)OC(=O)N[C@@H](Cc1c[nH]c2ccccc12)[C@@H](C#N)Nc1ccccc1C(=O)c1ccccc1. The molecular formula is C30H30N4O3. The Kier molecular flexibility index (Phi) is 7.59. The van der Waals surface area contributed by atoms with Gasteiger partial charge in [-0.15, -0.1) is 0 Å². The third-order valence-electron chi connectivity index (χ3n) is 5.88. The van der Waals surface area contributed by atoms with E-state index in [0.717, 1.165) is 16.5 Å². The van der Waals surface area contributed by atoms with Gasteiger partial charge in [-0.2, -0.15) is 5.26 Å². The number of carbonyl (C=O) groups excluding carboxylic acids is 2. The van der Waals surface area contributed by atoms with Crippen molar-refractivity contribution < 1.29 is 14.3 Å². The summed E-state index contributed by atoms with van der Waals surface area (Å²) in [7, 11) is 0. The predicted molar refractivity (Wildman–Crippen MR) is 145 cm³/mol. The van der Waals surface area contributed by atoms with Crippen LogP contribution < -0.4 is 10.6 Å². The zero-order valence-corrected chi connectivity index (χ0v) is 21.1. The number of fused-ring (bicyclic) bond motifs is 1. The Morgan fingerprint density at radius 1 is 0.973 bits per heavy atom. The third-order valence-corrected chi connectivity index (χ3v) is 5.88. The lowest BCUT2D eigenvalue weighted by molar-refractivity contribution is 0.0502. The molecule has 4 rings (SSSR count). The summed E-state index contributed by atoms with van der Waals surface area (Å²) in [6.45, 7) is 5.35. The van der Waals surface area contributed by atoms with Gasteiger partial charge in [0.25, 0.3) is 0 Å². The summed E-state index contributed by atoms with van der Waals surface area (Å²) in [6, 6.07) is 24.7. The smallest absolute Gasteiger partial charge is 0.407 e. The highest BCUT2D eigenvalue weighted by molar-refractivity contribution is 6.12. The van der Waals surface area contributed by atoms with E-state index in [1.165, 1.54) is 0 Å². The predicted octanol–water partition coefficient (Wildman–Crippen LogP) is 5.84. The number of benzene rings is 3. The number of ether oxygens (including phenoxy) is 1. The van der Waals surface area contributed by atoms with Crippen molar-refractivity contribution in [3.8, 4) is 6.07 Å². The molecule has 0 aliphatic carbocycles. The molecule has 0 saturated heterocycles. The molecule has 1 heterocycles. The first kappa shape index (κ1) is 25.5. The zero-order valence-electron chi connectivity index (χ0n) is 21.1. The Morgan fingerprint density at radius 2 is 1.65 bits per heavy atom. The van der Waals surface area contributed by atoms with Crippen LogP contribution >= 0.6 is 0 Å². The first-order valence-corrected chi connectivity index (χ1v) is 12.1. The van der Waals surface area contributed by atoms with Gasteiger partial charge in [0.1, 0.15) is 11.6 Å². The molecule has 4 aromatic rings. The average molecular weight is 495 g/mol. The number of nitrogens with one attached hydrogen (secondary N) is 3. The molecule has 0 unspecified atom stereocenters. The largest absolute Gasteiger partial charge is 0.444 e. The van der Waals surface area contributed by atoms with Crippen LogP contribution in [0.5, 0.6) is 0 Å². The summed E-state index contributed by atoms with van der Waals surface area (Å²) in [4.78, 5) is 29.2. The Bertz CT molecular complexity index is 1430. The van der Waals surface area contributed by atoms with Crippen LogP contribution in [-0.2, 0) is 11.2 Å². The normalized spacial score (nSPS) is 12.8. The number of rotatable bonds is 8. The Hall–Kier alpha value is -4.57. The van der Waals surface area contributed by atoms with Gasteiger partial charge in [0, 0.05) is 33.9 Å². The number of hydrogen-bond acceptors (Lipinski definition) is 5. The van der Waals surface area contributed by atoms with Gasteiger partial charge in [-0.05, 0) is 51.0 Å². The Balaban J connectivity index is 1.65. The van der Waals surface area contributed by atoms with Crippen molar-refractivity contribution in [1.82, 2.24) is 10.3 Å². The molecule has 7 heteroatoms.